The minimum Gasteiger partial charge on any atom is -0.485 e. The monoisotopic (exact) mass is 245 g/mol. The molecule has 0 N–H and O–H groups in total. The maximum absolute atomic E-state index is 10.6. The van der Waals surface area contributed by atoms with Crippen molar-refractivity contribution in [2.24, 2.45) is 4.99 Å². The quantitative estimate of drug-likeness (QED) is 0.603. The minimum absolute atomic E-state index is 0.128. The second-order valence-corrected chi connectivity index (χ2v) is 4.86. The first kappa shape index (κ1) is 11.5. The van der Waals surface area contributed by atoms with Gasteiger partial charge in [-0.2, -0.15) is 4.99 Å². The predicted molar refractivity (Wildman–Crippen MR) is 65.3 cm³/mol. The molecule has 0 bridgehead atoms. The van der Waals surface area contributed by atoms with Gasteiger partial charge in [0.15, 0.2) is 0 Å². The summed E-state index contributed by atoms with van der Waals surface area (Å²) in [5.74, 6) is 0.824. The van der Waals surface area contributed by atoms with E-state index in [4.69, 9.17) is 9.47 Å². The smallest absolute Gasteiger partial charge is 0.235 e. The van der Waals surface area contributed by atoms with Crippen molar-refractivity contribution in [2.45, 2.75) is 30.9 Å². The highest BCUT2D eigenvalue weighted by molar-refractivity contribution is 5.45. The van der Waals surface area contributed by atoms with E-state index in [-0.39, 0.29) is 6.10 Å². The molecule has 0 atom stereocenters. The van der Waals surface area contributed by atoms with Crippen LogP contribution in [0.3, 0.4) is 0 Å². The van der Waals surface area contributed by atoms with Crippen LogP contribution in [0.1, 0.15) is 24.8 Å². The number of carbonyl (C=O) groups excluding carboxylic acids is 1. The molecule has 0 amide bonds. The molecule has 1 aromatic carbocycles. The zero-order valence-corrected chi connectivity index (χ0v) is 10.1. The Morgan fingerprint density at radius 2 is 2.11 bits per heavy atom. The lowest BCUT2D eigenvalue weighted by Crippen LogP contribution is -2.40. The van der Waals surface area contributed by atoms with Gasteiger partial charge < -0.3 is 9.47 Å². The van der Waals surface area contributed by atoms with Crippen LogP contribution in [-0.2, 0) is 15.1 Å². The fourth-order valence-electron chi connectivity index (χ4n) is 2.46. The van der Waals surface area contributed by atoms with Crippen molar-refractivity contribution in [3.63, 3.8) is 0 Å². The summed E-state index contributed by atoms with van der Waals surface area (Å²) in [7, 11) is 0. The maximum atomic E-state index is 10.6. The number of ether oxygens (including phenoxy) is 2. The second kappa shape index (κ2) is 4.56. The van der Waals surface area contributed by atoms with Crippen LogP contribution in [-0.4, -0.2) is 25.4 Å². The van der Waals surface area contributed by atoms with Crippen LogP contribution in [0.4, 0.5) is 0 Å². The highest BCUT2D eigenvalue weighted by Crippen LogP contribution is 2.48. The standard InChI is InChI=1S/C14H15NO3/c16-10-15-14(6-3-7-14)12-4-1-2-5-13(12)18-11-8-17-9-11/h1-2,4-5,11H,3,6-9H2. The number of hydrogen-bond acceptors (Lipinski definition) is 4. The lowest BCUT2D eigenvalue weighted by atomic mass is 9.72. The molecule has 1 saturated heterocycles. The molecule has 0 aromatic heterocycles. The summed E-state index contributed by atoms with van der Waals surface area (Å²) in [4.78, 5) is 14.7. The van der Waals surface area contributed by atoms with Crippen LogP contribution in [0.15, 0.2) is 29.3 Å². The van der Waals surface area contributed by atoms with Gasteiger partial charge in [0.1, 0.15) is 17.4 Å². The van der Waals surface area contributed by atoms with Crippen molar-refractivity contribution in [2.75, 3.05) is 13.2 Å². The number of rotatable bonds is 4. The molecule has 1 heterocycles. The van der Waals surface area contributed by atoms with Crippen molar-refractivity contribution < 1.29 is 14.3 Å². The molecular formula is C14H15NO3. The van der Waals surface area contributed by atoms with E-state index >= 15 is 0 Å². The molecule has 0 spiro atoms. The lowest BCUT2D eigenvalue weighted by Gasteiger charge is -2.39. The van der Waals surface area contributed by atoms with Crippen molar-refractivity contribution in [1.82, 2.24) is 0 Å². The summed E-state index contributed by atoms with van der Waals surface area (Å²) in [6, 6.07) is 7.83. The van der Waals surface area contributed by atoms with E-state index in [0.29, 0.717) is 13.2 Å². The van der Waals surface area contributed by atoms with E-state index in [1.54, 1.807) is 6.08 Å². The summed E-state index contributed by atoms with van der Waals surface area (Å²) in [5, 5.41) is 0. The Morgan fingerprint density at radius 1 is 1.33 bits per heavy atom. The molecule has 4 nitrogen and oxygen atoms in total. The van der Waals surface area contributed by atoms with Crippen molar-refractivity contribution in [3.8, 4) is 5.75 Å². The van der Waals surface area contributed by atoms with Gasteiger partial charge >= 0.3 is 0 Å². The van der Waals surface area contributed by atoms with Gasteiger partial charge in [0.05, 0.1) is 13.2 Å². The molecule has 2 fully saturated rings. The number of isocyanates is 1. The molecule has 0 radical (unpaired) electrons. The molecule has 3 rings (SSSR count). The highest BCUT2D eigenvalue weighted by atomic mass is 16.6. The number of benzene rings is 1. The molecule has 94 valence electrons. The topological polar surface area (TPSA) is 47.9 Å². The Hall–Kier alpha value is -1.64. The van der Waals surface area contributed by atoms with Gasteiger partial charge in [0.2, 0.25) is 6.08 Å². The van der Waals surface area contributed by atoms with Crippen LogP contribution < -0.4 is 4.74 Å². The third-order valence-electron chi connectivity index (χ3n) is 3.73. The van der Waals surface area contributed by atoms with Gasteiger partial charge in [0, 0.05) is 5.56 Å². The van der Waals surface area contributed by atoms with E-state index < -0.39 is 5.54 Å². The minimum atomic E-state index is -0.400. The zero-order chi connectivity index (χ0) is 12.4. The van der Waals surface area contributed by atoms with E-state index in [1.165, 1.54) is 0 Å². The summed E-state index contributed by atoms with van der Waals surface area (Å²) in [6.07, 6.45) is 4.72. The lowest BCUT2D eigenvalue weighted by molar-refractivity contribution is -0.0805. The van der Waals surface area contributed by atoms with Gasteiger partial charge in [-0.1, -0.05) is 18.2 Å². The largest absolute Gasteiger partial charge is 0.485 e. The Morgan fingerprint density at radius 3 is 2.67 bits per heavy atom. The highest BCUT2D eigenvalue weighted by Gasteiger charge is 2.41. The number of hydrogen-bond donors (Lipinski definition) is 0. The van der Waals surface area contributed by atoms with Crippen LogP contribution in [0, 0.1) is 0 Å². The molecule has 2 aliphatic rings. The first-order valence-corrected chi connectivity index (χ1v) is 6.27. The third-order valence-corrected chi connectivity index (χ3v) is 3.73. The summed E-state index contributed by atoms with van der Waals surface area (Å²) >= 11 is 0. The van der Waals surface area contributed by atoms with Crippen molar-refractivity contribution >= 4 is 6.08 Å². The zero-order valence-electron chi connectivity index (χ0n) is 10.1. The molecule has 1 aromatic rings. The van der Waals surface area contributed by atoms with E-state index in [0.717, 1.165) is 30.6 Å². The third kappa shape index (κ3) is 1.84. The number of nitrogens with zero attached hydrogens (tertiary/aromatic N) is 1. The number of para-hydroxylation sites is 1. The van der Waals surface area contributed by atoms with Crippen LogP contribution in [0.5, 0.6) is 5.75 Å². The van der Waals surface area contributed by atoms with Crippen LogP contribution in [0.2, 0.25) is 0 Å². The summed E-state index contributed by atoms with van der Waals surface area (Å²) in [6.45, 7) is 1.27. The van der Waals surface area contributed by atoms with E-state index in [1.807, 2.05) is 24.3 Å². The number of aliphatic imine (C=N–C) groups is 1. The SMILES string of the molecule is O=C=NC1(c2ccccc2OC2COC2)CCC1. The average Bonchev–Trinajstić information content (AvgIpc) is 2.29. The van der Waals surface area contributed by atoms with E-state index in [2.05, 4.69) is 4.99 Å². The molecule has 1 saturated carbocycles. The molecule has 1 aliphatic carbocycles. The maximum Gasteiger partial charge on any atom is 0.235 e. The average molecular weight is 245 g/mol. The predicted octanol–water partition coefficient (Wildman–Crippen LogP) is 2.18. The van der Waals surface area contributed by atoms with Crippen molar-refractivity contribution in [1.29, 1.82) is 0 Å². The second-order valence-electron chi connectivity index (χ2n) is 4.86. The van der Waals surface area contributed by atoms with Gasteiger partial charge in [-0.15, -0.1) is 0 Å². The van der Waals surface area contributed by atoms with Crippen LogP contribution in [0.25, 0.3) is 0 Å². The van der Waals surface area contributed by atoms with Crippen molar-refractivity contribution in [3.05, 3.63) is 29.8 Å². The molecular weight excluding hydrogens is 230 g/mol. The molecule has 1 aliphatic heterocycles. The Balaban J connectivity index is 1.92. The normalized spacial score (nSPS) is 21.3. The fraction of sp³-hybridized carbons (Fsp3) is 0.500. The van der Waals surface area contributed by atoms with Gasteiger partial charge in [-0.25, -0.2) is 4.79 Å². The molecule has 4 heteroatoms. The van der Waals surface area contributed by atoms with E-state index in [9.17, 15) is 4.79 Å². The summed E-state index contributed by atoms with van der Waals surface area (Å²) in [5.41, 5.74) is 0.606. The van der Waals surface area contributed by atoms with Gasteiger partial charge in [0.25, 0.3) is 0 Å². The summed E-state index contributed by atoms with van der Waals surface area (Å²) < 4.78 is 11.0. The fourth-order valence-corrected chi connectivity index (χ4v) is 2.46. The van der Waals surface area contributed by atoms with Gasteiger partial charge in [-0.05, 0) is 25.3 Å². The Labute approximate surface area is 106 Å². The van der Waals surface area contributed by atoms with Gasteiger partial charge in [-0.3, -0.25) is 0 Å². The Kier molecular flexibility index (Phi) is 2.90. The Bertz CT molecular complexity index is 486. The first-order chi connectivity index (χ1) is 8.84. The first-order valence-electron chi connectivity index (χ1n) is 6.27. The van der Waals surface area contributed by atoms with Crippen LogP contribution >= 0.6 is 0 Å². The molecule has 18 heavy (non-hydrogen) atoms. The molecule has 0 unspecified atom stereocenters.